The summed E-state index contributed by atoms with van der Waals surface area (Å²) in [4.78, 5) is 0. The normalized spacial score (nSPS) is 21.8. The summed E-state index contributed by atoms with van der Waals surface area (Å²) in [5.74, 6) is 2.85. The van der Waals surface area contributed by atoms with Gasteiger partial charge in [0.05, 0.1) is 6.67 Å². The molecule has 0 aromatic rings. The Morgan fingerprint density at radius 1 is 0.800 bits per heavy atom. The largest absolute Gasteiger partial charge is 0.251 e. The van der Waals surface area contributed by atoms with Crippen molar-refractivity contribution in [2.45, 2.75) is 54.4 Å². The Morgan fingerprint density at radius 2 is 1.33 bits per heavy atom. The summed E-state index contributed by atoms with van der Waals surface area (Å²) >= 11 is 0. The van der Waals surface area contributed by atoms with Crippen molar-refractivity contribution < 1.29 is 4.39 Å². The maximum Gasteiger partial charge on any atom is 0.0922 e. The molecule has 0 aliphatic carbocycles. The Balaban J connectivity index is 4.42. The van der Waals surface area contributed by atoms with Crippen molar-refractivity contribution >= 4 is 0 Å². The number of hydrogen-bond acceptors (Lipinski definition) is 0. The quantitative estimate of drug-likeness (QED) is 0.565. The molecule has 0 bridgehead atoms. The topological polar surface area (TPSA) is 0 Å². The maximum absolute atomic E-state index is 12.6. The van der Waals surface area contributed by atoms with Crippen LogP contribution in [-0.4, -0.2) is 6.67 Å². The summed E-state index contributed by atoms with van der Waals surface area (Å²) in [6.07, 6.45) is 2.46. The van der Waals surface area contributed by atoms with Crippen molar-refractivity contribution in [3.05, 3.63) is 0 Å². The van der Waals surface area contributed by atoms with Gasteiger partial charge in [0.1, 0.15) is 0 Å². The smallest absolute Gasteiger partial charge is 0.0922 e. The number of alkyl halides is 1. The van der Waals surface area contributed by atoms with Crippen LogP contribution in [0.4, 0.5) is 4.39 Å². The van der Waals surface area contributed by atoms with E-state index in [4.69, 9.17) is 0 Å². The minimum atomic E-state index is -0.178. The van der Waals surface area contributed by atoms with E-state index in [9.17, 15) is 4.39 Å². The number of rotatable bonds is 7. The first-order valence-electron chi connectivity index (χ1n) is 6.55. The summed E-state index contributed by atoms with van der Waals surface area (Å²) in [6, 6.07) is 0. The lowest BCUT2D eigenvalue weighted by Gasteiger charge is -2.34. The second-order valence-corrected chi connectivity index (χ2v) is 5.31. The van der Waals surface area contributed by atoms with Crippen LogP contribution < -0.4 is 0 Å². The Kier molecular flexibility index (Phi) is 7.21. The summed E-state index contributed by atoms with van der Waals surface area (Å²) in [7, 11) is 0. The average molecular weight is 216 g/mol. The van der Waals surface area contributed by atoms with Crippen molar-refractivity contribution in [2.75, 3.05) is 6.67 Å². The Hall–Kier alpha value is -0.0700. The molecule has 0 saturated carbocycles. The molecule has 0 amide bonds. The zero-order valence-electron chi connectivity index (χ0n) is 11.4. The fraction of sp³-hybridized carbons (Fsp3) is 1.00. The van der Waals surface area contributed by atoms with Crippen molar-refractivity contribution in [1.29, 1.82) is 0 Å². The predicted molar refractivity (Wildman–Crippen MR) is 66.7 cm³/mol. The molecular weight excluding hydrogens is 187 g/mol. The van der Waals surface area contributed by atoms with Gasteiger partial charge >= 0.3 is 0 Å². The van der Waals surface area contributed by atoms with Crippen LogP contribution in [0.15, 0.2) is 0 Å². The monoisotopic (exact) mass is 216 g/mol. The molecule has 0 aliphatic rings. The molecule has 0 fully saturated rings. The highest BCUT2D eigenvalue weighted by Crippen LogP contribution is 2.34. The van der Waals surface area contributed by atoms with E-state index in [-0.39, 0.29) is 12.6 Å². The Bertz CT molecular complexity index is 155. The standard InChI is InChI=1S/C14H29F/c1-7-10(3)14(8-2)13(6)12(5)11(4)9-15/h10-14H,7-9H2,1-6H3. The van der Waals surface area contributed by atoms with Crippen molar-refractivity contribution in [3.8, 4) is 0 Å². The van der Waals surface area contributed by atoms with E-state index < -0.39 is 0 Å². The van der Waals surface area contributed by atoms with E-state index in [0.29, 0.717) is 11.8 Å². The molecule has 0 spiro atoms. The lowest BCUT2D eigenvalue weighted by atomic mass is 9.71. The van der Waals surface area contributed by atoms with E-state index in [1.54, 1.807) is 0 Å². The minimum Gasteiger partial charge on any atom is -0.251 e. The SMILES string of the molecule is CCC(C)C(CC)C(C)C(C)C(C)CF. The van der Waals surface area contributed by atoms with Crippen molar-refractivity contribution in [2.24, 2.45) is 29.6 Å². The lowest BCUT2D eigenvalue weighted by molar-refractivity contribution is 0.135. The summed E-state index contributed by atoms with van der Waals surface area (Å²) in [6.45, 7) is 13.2. The molecule has 15 heavy (non-hydrogen) atoms. The second kappa shape index (κ2) is 7.24. The zero-order chi connectivity index (χ0) is 12.0. The van der Waals surface area contributed by atoms with Crippen LogP contribution in [0, 0.1) is 29.6 Å². The van der Waals surface area contributed by atoms with E-state index in [1.165, 1.54) is 12.8 Å². The van der Waals surface area contributed by atoms with Gasteiger partial charge in [-0.05, 0) is 29.6 Å². The highest BCUT2D eigenvalue weighted by Gasteiger charge is 2.28. The molecule has 0 nitrogen and oxygen atoms in total. The summed E-state index contributed by atoms with van der Waals surface area (Å²) in [5, 5.41) is 0. The van der Waals surface area contributed by atoms with Crippen molar-refractivity contribution in [1.82, 2.24) is 0 Å². The van der Waals surface area contributed by atoms with Crippen LogP contribution in [0.2, 0.25) is 0 Å². The lowest BCUT2D eigenvalue weighted by Crippen LogP contribution is -2.28. The first-order chi connectivity index (χ1) is 6.99. The highest BCUT2D eigenvalue weighted by molar-refractivity contribution is 4.77. The molecule has 0 N–H and O–H groups in total. The van der Waals surface area contributed by atoms with E-state index in [1.807, 2.05) is 6.92 Å². The Morgan fingerprint density at radius 3 is 1.67 bits per heavy atom. The van der Waals surface area contributed by atoms with Crippen LogP contribution in [0.25, 0.3) is 0 Å². The molecular formula is C14H29F. The molecule has 0 saturated heterocycles. The van der Waals surface area contributed by atoms with Crippen LogP contribution in [-0.2, 0) is 0 Å². The van der Waals surface area contributed by atoms with Crippen LogP contribution >= 0.6 is 0 Å². The molecule has 0 heterocycles. The fourth-order valence-electron chi connectivity index (χ4n) is 2.64. The third kappa shape index (κ3) is 4.12. The molecule has 0 aromatic carbocycles. The number of halogens is 1. The molecule has 5 unspecified atom stereocenters. The second-order valence-electron chi connectivity index (χ2n) is 5.31. The molecule has 1 heteroatoms. The van der Waals surface area contributed by atoms with E-state index in [0.717, 1.165) is 11.8 Å². The Labute approximate surface area is 95.6 Å². The van der Waals surface area contributed by atoms with Gasteiger partial charge in [0.25, 0.3) is 0 Å². The van der Waals surface area contributed by atoms with Crippen LogP contribution in [0.1, 0.15) is 54.4 Å². The van der Waals surface area contributed by atoms with Crippen molar-refractivity contribution in [3.63, 3.8) is 0 Å². The maximum atomic E-state index is 12.6. The van der Waals surface area contributed by atoms with E-state index in [2.05, 4.69) is 34.6 Å². The number of hydrogen-bond donors (Lipinski definition) is 0. The first-order valence-corrected chi connectivity index (χ1v) is 6.55. The van der Waals surface area contributed by atoms with Gasteiger partial charge in [-0.3, -0.25) is 4.39 Å². The predicted octanol–water partition coefficient (Wildman–Crippen LogP) is 4.94. The molecule has 0 radical (unpaired) electrons. The molecule has 92 valence electrons. The van der Waals surface area contributed by atoms with Gasteiger partial charge < -0.3 is 0 Å². The van der Waals surface area contributed by atoms with E-state index >= 15 is 0 Å². The summed E-state index contributed by atoms with van der Waals surface area (Å²) in [5.41, 5.74) is 0. The molecule has 0 aromatic heterocycles. The van der Waals surface area contributed by atoms with Gasteiger partial charge in [-0.25, -0.2) is 0 Å². The molecule has 0 aliphatic heterocycles. The summed E-state index contributed by atoms with van der Waals surface area (Å²) < 4.78 is 12.6. The fourth-order valence-corrected chi connectivity index (χ4v) is 2.64. The minimum absolute atomic E-state index is 0.178. The van der Waals surface area contributed by atoms with Gasteiger partial charge in [-0.1, -0.05) is 54.4 Å². The van der Waals surface area contributed by atoms with Crippen LogP contribution in [0.5, 0.6) is 0 Å². The van der Waals surface area contributed by atoms with Gasteiger partial charge in [0, 0.05) is 0 Å². The molecule has 5 atom stereocenters. The third-order valence-corrected chi connectivity index (χ3v) is 4.49. The molecule has 0 rings (SSSR count). The first kappa shape index (κ1) is 14.9. The van der Waals surface area contributed by atoms with Gasteiger partial charge in [-0.15, -0.1) is 0 Å². The third-order valence-electron chi connectivity index (χ3n) is 4.49. The highest BCUT2D eigenvalue weighted by atomic mass is 19.1. The van der Waals surface area contributed by atoms with Gasteiger partial charge in [0.15, 0.2) is 0 Å². The average Bonchev–Trinajstić information content (AvgIpc) is 2.27. The van der Waals surface area contributed by atoms with Gasteiger partial charge in [0.2, 0.25) is 0 Å². The van der Waals surface area contributed by atoms with Crippen LogP contribution in [0.3, 0.4) is 0 Å². The van der Waals surface area contributed by atoms with Gasteiger partial charge in [-0.2, -0.15) is 0 Å². The zero-order valence-corrected chi connectivity index (χ0v) is 11.4.